The van der Waals surface area contributed by atoms with Crippen molar-refractivity contribution in [2.24, 2.45) is 5.10 Å². The van der Waals surface area contributed by atoms with Crippen LogP contribution in [-0.4, -0.2) is 36.1 Å². The molecular weight excluding hydrogens is 390 g/mol. The second-order valence-corrected chi connectivity index (χ2v) is 7.60. The first kappa shape index (κ1) is 19.6. The molecule has 29 heavy (non-hydrogen) atoms. The van der Waals surface area contributed by atoms with Gasteiger partial charge in [0.15, 0.2) is 5.79 Å². The molecule has 1 saturated heterocycles. The molecule has 1 aromatic heterocycles. The number of nitrogens with one attached hydrogen (secondary N) is 2. The van der Waals surface area contributed by atoms with Crippen molar-refractivity contribution in [2.75, 3.05) is 13.2 Å². The smallest absolute Gasteiger partial charge is 0.245 e. The van der Waals surface area contributed by atoms with Crippen molar-refractivity contribution in [3.05, 3.63) is 70.4 Å². The van der Waals surface area contributed by atoms with Crippen LogP contribution in [-0.2, 0) is 20.7 Å². The minimum atomic E-state index is -0.875. The summed E-state index contributed by atoms with van der Waals surface area (Å²) in [5.41, 5.74) is 6.68. The number of aromatic amines is 1. The first-order chi connectivity index (χ1) is 14.0. The monoisotopic (exact) mass is 411 g/mol. The molecule has 7 heteroatoms. The third-order valence-electron chi connectivity index (χ3n) is 4.88. The number of hydrogen-bond donors (Lipinski definition) is 2. The lowest BCUT2D eigenvalue weighted by Crippen LogP contribution is -2.33. The largest absolute Gasteiger partial charge is 0.358 e. The van der Waals surface area contributed by atoms with E-state index in [1.165, 1.54) is 0 Å². The maximum atomic E-state index is 12.2. The quantitative estimate of drug-likeness (QED) is 0.475. The van der Waals surface area contributed by atoms with E-state index in [0.29, 0.717) is 24.7 Å². The molecule has 150 valence electrons. The van der Waals surface area contributed by atoms with Crippen LogP contribution in [0.3, 0.4) is 0 Å². The van der Waals surface area contributed by atoms with Crippen molar-refractivity contribution < 1.29 is 14.3 Å². The van der Waals surface area contributed by atoms with E-state index in [0.717, 1.165) is 27.7 Å². The Morgan fingerprint density at radius 1 is 1.21 bits per heavy atom. The predicted octanol–water partition coefficient (Wildman–Crippen LogP) is 4.02. The first-order valence-corrected chi connectivity index (χ1v) is 9.84. The number of rotatable bonds is 6. The molecule has 1 aliphatic heterocycles. The molecular formula is C22H22ClN3O3. The van der Waals surface area contributed by atoms with Crippen molar-refractivity contribution in [1.29, 1.82) is 0 Å². The van der Waals surface area contributed by atoms with Crippen LogP contribution in [0.1, 0.15) is 30.2 Å². The Bertz CT molecular complexity index is 1040. The Morgan fingerprint density at radius 2 is 1.93 bits per heavy atom. The molecule has 0 aliphatic carbocycles. The molecule has 4 rings (SSSR count). The Hall–Kier alpha value is -2.67. The highest BCUT2D eigenvalue weighted by atomic mass is 35.5. The summed E-state index contributed by atoms with van der Waals surface area (Å²) < 4.78 is 10.9. The van der Waals surface area contributed by atoms with Crippen LogP contribution >= 0.6 is 11.6 Å². The molecule has 2 heterocycles. The summed E-state index contributed by atoms with van der Waals surface area (Å²) in [6.45, 7) is 2.75. The van der Waals surface area contributed by atoms with E-state index in [-0.39, 0.29) is 12.3 Å². The van der Waals surface area contributed by atoms with E-state index in [1.54, 1.807) is 13.1 Å². The lowest BCUT2D eigenvalue weighted by Gasteiger charge is -2.20. The molecule has 0 bridgehead atoms. The van der Waals surface area contributed by atoms with Gasteiger partial charge in [-0.1, -0.05) is 41.9 Å². The van der Waals surface area contributed by atoms with E-state index in [9.17, 15) is 4.79 Å². The number of hydrogen-bond acceptors (Lipinski definition) is 4. The average Bonchev–Trinajstić information content (AvgIpc) is 3.27. The molecule has 1 amide bonds. The Morgan fingerprint density at radius 3 is 2.69 bits per heavy atom. The molecule has 0 atom stereocenters. The number of carbonyl (C=O) groups is 1. The highest BCUT2D eigenvalue weighted by molar-refractivity contribution is 6.30. The number of H-pyrrole nitrogens is 1. The van der Waals surface area contributed by atoms with E-state index in [1.807, 2.05) is 48.5 Å². The molecule has 0 saturated carbocycles. The molecule has 3 aromatic rings. The van der Waals surface area contributed by atoms with Gasteiger partial charge in [-0.05, 0) is 30.7 Å². The van der Waals surface area contributed by atoms with Gasteiger partial charge in [-0.2, -0.15) is 5.10 Å². The third-order valence-corrected chi connectivity index (χ3v) is 5.14. The summed E-state index contributed by atoms with van der Waals surface area (Å²) in [6.07, 6.45) is 2.47. The van der Waals surface area contributed by atoms with Crippen LogP contribution < -0.4 is 5.43 Å². The summed E-state index contributed by atoms with van der Waals surface area (Å²) in [6, 6.07) is 15.8. The number of hydrazone groups is 1. The molecule has 1 fully saturated rings. The van der Waals surface area contributed by atoms with Gasteiger partial charge in [0.25, 0.3) is 0 Å². The lowest BCUT2D eigenvalue weighted by molar-refractivity contribution is -0.159. The molecule has 1 aliphatic rings. The first-order valence-electron chi connectivity index (χ1n) is 9.46. The maximum absolute atomic E-state index is 12.2. The number of carbonyl (C=O) groups excluding carboxylic acids is 1. The maximum Gasteiger partial charge on any atom is 0.245 e. The number of amides is 1. The summed E-state index contributed by atoms with van der Waals surface area (Å²) in [7, 11) is 0. The highest BCUT2D eigenvalue weighted by Crippen LogP contribution is 2.24. The van der Waals surface area contributed by atoms with Crippen molar-refractivity contribution in [3.63, 3.8) is 0 Å². The van der Waals surface area contributed by atoms with Crippen LogP contribution in [0.15, 0.2) is 53.6 Å². The lowest BCUT2D eigenvalue weighted by atomic mass is 10.1. The van der Waals surface area contributed by atoms with Crippen LogP contribution in [0.4, 0.5) is 0 Å². The van der Waals surface area contributed by atoms with Crippen LogP contribution in [0, 0.1) is 0 Å². The predicted molar refractivity (Wildman–Crippen MR) is 113 cm³/mol. The van der Waals surface area contributed by atoms with Gasteiger partial charge in [-0.3, -0.25) is 4.79 Å². The molecule has 0 spiro atoms. The second kappa shape index (κ2) is 8.37. The van der Waals surface area contributed by atoms with Gasteiger partial charge in [0, 0.05) is 33.6 Å². The Balaban J connectivity index is 1.53. The Labute approximate surface area is 173 Å². The van der Waals surface area contributed by atoms with Gasteiger partial charge in [0.05, 0.1) is 25.8 Å². The van der Waals surface area contributed by atoms with Crippen molar-refractivity contribution >= 4 is 34.6 Å². The van der Waals surface area contributed by atoms with Gasteiger partial charge in [-0.15, -0.1) is 0 Å². The summed E-state index contributed by atoms with van der Waals surface area (Å²) in [5.74, 6) is -1.13. The fourth-order valence-corrected chi connectivity index (χ4v) is 3.60. The van der Waals surface area contributed by atoms with Gasteiger partial charge in [0.2, 0.25) is 5.91 Å². The van der Waals surface area contributed by atoms with Gasteiger partial charge < -0.3 is 14.5 Å². The SMILES string of the molecule is CC1(CC(=O)N/N=C/c2c(Cc3ccc(Cl)cc3)[nH]c3ccccc23)OCCO1. The van der Waals surface area contributed by atoms with Crippen molar-refractivity contribution in [3.8, 4) is 0 Å². The molecule has 6 nitrogen and oxygen atoms in total. The average molecular weight is 412 g/mol. The molecule has 0 radical (unpaired) electrons. The van der Waals surface area contributed by atoms with E-state index < -0.39 is 5.79 Å². The summed E-state index contributed by atoms with van der Waals surface area (Å²) in [4.78, 5) is 15.7. The number of benzene rings is 2. The number of nitrogens with zero attached hydrogens (tertiary/aromatic N) is 1. The Kier molecular flexibility index (Phi) is 5.67. The summed E-state index contributed by atoms with van der Waals surface area (Å²) >= 11 is 5.99. The van der Waals surface area contributed by atoms with Crippen molar-refractivity contribution in [1.82, 2.24) is 10.4 Å². The van der Waals surface area contributed by atoms with E-state index in [2.05, 4.69) is 15.5 Å². The van der Waals surface area contributed by atoms with E-state index >= 15 is 0 Å². The number of para-hydroxylation sites is 1. The summed E-state index contributed by atoms with van der Waals surface area (Å²) in [5, 5.41) is 5.93. The number of fused-ring (bicyclic) bond motifs is 1. The van der Waals surface area contributed by atoms with Crippen molar-refractivity contribution in [2.45, 2.75) is 25.6 Å². The van der Waals surface area contributed by atoms with Gasteiger partial charge in [-0.25, -0.2) is 5.43 Å². The number of ether oxygens (including phenoxy) is 2. The zero-order valence-corrected chi connectivity index (χ0v) is 16.8. The normalized spacial score (nSPS) is 15.9. The third kappa shape index (κ3) is 4.67. The standard InChI is InChI=1S/C22H22ClN3O3/c1-22(28-10-11-29-22)13-21(27)26-24-14-18-17-4-2-3-5-19(17)25-20(18)12-15-6-8-16(23)9-7-15/h2-9,14,25H,10-13H2,1H3,(H,26,27)/b24-14+. The zero-order chi connectivity index (χ0) is 20.3. The minimum Gasteiger partial charge on any atom is -0.358 e. The van der Waals surface area contributed by atoms with Crippen LogP contribution in [0.5, 0.6) is 0 Å². The second-order valence-electron chi connectivity index (χ2n) is 7.17. The van der Waals surface area contributed by atoms with Crippen LogP contribution in [0.2, 0.25) is 5.02 Å². The molecule has 0 unspecified atom stereocenters. The zero-order valence-electron chi connectivity index (χ0n) is 16.1. The fraction of sp³-hybridized carbons (Fsp3) is 0.273. The fourth-order valence-electron chi connectivity index (χ4n) is 3.47. The number of halogens is 1. The van der Waals surface area contributed by atoms with Gasteiger partial charge >= 0.3 is 0 Å². The van der Waals surface area contributed by atoms with Crippen LogP contribution in [0.25, 0.3) is 10.9 Å². The van der Waals surface area contributed by atoms with Gasteiger partial charge in [0.1, 0.15) is 0 Å². The number of aromatic nitrogens is 1. The minimum absolute atomic E-state index is 0.0931. The van der Waals surface area contributed by atoms with E-state index in [4.69, 9.17) is 21.1 Å². The topological polar surface area (TPSA) is 75.7 Å². The molecule has 2 N–H and O–H groups in total. The molecule has 2 aromatic carbocycles. The highest BCUT2D eigenvalue weighted by Gasteiger charge is 2.33.